The van der Waals surface area contributed by atoms with Crippen molar-refractivity contribution in [1.29, 1.82) is 0 Å². The van der Waals surface area contributed by atoms with Gasteiger partial charge in [0.25, 0.3) is 0 Å². The van der Waals surface area contributed by atoms with Gasteiger partial charge in [-0.1, -0.05) is 18.6 Å². The number of esters is 1. The van der Waals surface area contributed by atoms with Crippen LogP contribution in [0.15, 0.2) is 11.6 Å². The fraction of sp³-hybridized carbons (Fsp3) is 0.444. The SMILES string of the molecule is CCc1c(C)c2c(c(N)c1C/C=C(\C)CCC(=O)O)C(=O)OC2. The number of benzene rings is 1. The molecule has 0 amide bonds. The van der Waals surface area contributed by atoms with Gasteiger partial charge in [0.2, 0.25) is 0 Å². The molecule has 1 aliphatic rings. The van der Waals surface area contributed by atoms with Crippen LogP contribution < -0.4 is 5.73 Å². The predicted molar refractivity (Wildman–Crippen MR) is 88.4 cm³/mol. The quantitative estimate of drug-likeness (QED) is 0.478. The van der Waals surface area contributed by atoms with E-state index in [0.29, 0.717) is 30.7 Å². The molecule has 5 nitrogen and oxygen atoms in total. The first kappa shape index (κ1) is 17.1. The normalized spacial score (nSPS) is 13.9. The summed E-state index contributed by atoms with van der Waals surface area (Å²) >= 11 is 0. The van der Waals surface area contributed by atoms with Crippen molar-refractivity contribution in [1.82, 2.24) is 0 Å². The van der Waals surface area contributed by atoms with E-state index in [4.69, 9.17) is 15.6 Å². The third kappa shape index (κ3) is 3.38. The molecule has 23 heavy (non-hydrogen) atoms. The first-order chi connectivity index (χ1) is 10.9. The summed E-state index contributed by atoms with van der Waals surface area (Å²) in [6.45, 7) is 6.28. The lowest BCUT2D eigenvalue weighted by Crippen LogP contribution is -2.09. The van der Waals surface area contributed by atoms with Gasteiger partial charge in [-0.25, -0.2) is 4.79 Å². The summed E-state index contributed by atoms with van der Waals surface area (Å²) < 4.78 is 5.13. The number of fused-ring (bicyclic) bond motifs is 1. The lowest BCUT2D eigenvalue weighted by Gasteiger charge is -2.17. The zero-order chi connectivity index (χ0) is 17.1. The maximum absolute atomic E-state index is 11.9. The summed E-state index contributed by atoms with van der Waals surface area (Å²) in [5.74, 6) is -1.15. The molecule has 0 radical (unpaired) electrons. The number of nitrogen functional groups attached to an aromatic ring is 1. The monoisotopic (exact) mass is 317 g/mol. The summed E-state index contributed by atoms with van der Waals surface area (Å²) in [6, 6.07) is 0. The first-order valence-corrected chi connectivity index (χ1v) is 7.84. The van der Waals surface area contributed by atoms with Crippen molar-refractivity contribution in [2.24, 2.45) is 0 Å². The number of cyclic esters (lactones) is 1. The van der Waals surface area contributed by atoms with E-state index in [9.17, 15) is 9.59 Å². The number of carboxylic acids is 1. The summed E-state index contributed by atoms with van der Waals surface area (Å²) in [6.07, 6.45) is 4.06. The average Bonchev–Trinajstić information content (AvgIpc) is 2.89. The number of anilines is 1. The molecule has 0 saturated carbocycles. The van der Waals surface area contributed by atoms with Crippen molar-refractivity contribution in [3.8, 4) is 0 Å². The number of rotatable bonds is 6. The largest absolute Gasteiger partial charge is 0.481 e. The Hall–Kier alpha value is -2.30. The number of carboxylic acid groups (broad SMARTS) is 1. The second-order valence-electron chi connectivity index (χ2n) is 5.93. The third-order valence-electron chi connectivity index (χ3n) is 4.46. The Morgan fingerprint density at radius 3 is 2.65 bits per heavy atom. The van der Waals surface area contributed by atoms with Crippen molar-refractivity contribution in [2.75, 3.05) is 5.73 Å². The Bertz CT molecular complexity index is 689. The molecule has 0 aromatic heterocycles. The molecule has 1 aromatic carbocycles. The number of hydrogen-bond acceptors (Lipinski definition) is 4. The van der Waals surface area contributed by atoms with E-state index in [0.717, 1.165) is 34.2 Å². The molecule has 2 rings (SSSR count). The van der Waals surface area contributed by atoms with Gasteiger partial charge in [0, 0.05) is 12.0 Å². The Labute approximate surface area is 136 Å². The summed E-state index contributed by atoms with van der Waals surface area (Å²) in [5, 5.41) is 8.75. The van der Waals surface area contributed by atoms with Crippen LogP contribution in [0.25, 0.3) is 0 Å². The average molecular weight is 317 g/mol. The summed E-state index contributed by atoms with van der Waals surface area (Å²) in [4.78, 5) is 22.6. The van der Waals surface area contributed by atoms with Gasteiger partial charge in [0.05, 0.1) is 11.3 Å². The lowest BCUT2D eigenvalue weighted by molar-refractivity contribution is -0.136. The van der Waals surface area contributed by atoms with E-state index in [1.54, 1.807) is 0 Å². The molecule has 0 spiro atoms. The molecular weight excluding hydrogens is 294 g/mol. The minimum atomic E-state index is -0.803. The van der Waals surface area contributed by atoms with Gasteiger partial charge in [0.1, 0.15) is 6.61 Å². The van der Waals surface area contributed by atoms with Gasteiger partial charge in [0.15, 0.2) is 0 Å². The molecule has 1 aliphatic heterocycles. The van der Waals surface area contributed by atoms with Crippen LogP contribution in [-0.4, -0.2) is 17.0 Å². The smallest absolute Gasteiger partial charge is 0.341 e. The Morgan fingerprint density at radius 2 is 2.04 bits per heavy atom. The number of nitrogens with two attached hydrogens (primary N) is 1. The number of carbonyl (C=O) groups excluding carboxylic acids is 1. The zero-order valence-electron chi connectivity index (χ0n) is 13.9. The van der Waals surface area contributed by atoms with Crippen LogP contribution in [0.3, 0.4) is 0 Å². The standard InChI is InChI=1S/C18H23NO4/c1-4-12-11(3)14-9-23-18(22)16(14)17(19)13(12)7-5-10(2)6-8-15(20)21/h5H,4,6-9,19H2,1-3H3,(H,20,21)/b10-5+. The maximum Gasteiger partial charge on any atom is 0.341 e. The van der Waals surface area contributed by atoms with E-state index in [2.05, 4.69) is 6.92 Å². The number of hydrogen-bond donors (Lipinski definition) is 2. The Morgan fingerprint density at radius 1 is 1.35 bits per heavy atom. The predicted octanol–water partition coefficient (Wildman–Crippen LogP) is 3.16. The van der Waals surface area contributed by atoms with Gasteiger partial charge in [-0.05, 0) is 49.8 Å². The van der Waals surface area contributed by atoms with Gasteiger partial charge in [-0.3, -0.25) is 4.79 Å². The van der Waals surface area contributed by atoms with Crippen molar-refractivity contribution in [3.05, 3.63) is 39.5 Å². The molecule has 0 fully saturated rings. The molecular formula is C18H23NO4. The summed E-state index contributed by atoms with van der Waals surface area (Å²) in [7, 11) is 0. The minimum Gasteiger partial charge on any atom is -0.481 e. The van der Waals surface area contributed by atoms with Crippen LogP contribution in [0.2, 0.25) is 0 Å². The van der Waals surface area contributed by atoms with Crippen molar-refractivity contribution < 1.29 is 19.4 Å². The number of carbonyl (C=O) groups is 2. The van der Waals surface area contributed by atoms with Crippen molar-refractivity contribution in [3.63, 3.8) is 0 Å². The highest BCUT2D eigenvalue weighted by Gasteiger charge is 2.29. The van der Waals surface area contributed by atoms with E-state index >= 15 is 0 Å². The van der Waals surface area contributed by atoms with Crippen LogP contribution in [0.5, 0.6) is 0 Å². The fourth-order valence-electron chi connectivity index (χ4n) is 3.09. The molecule has 1 aromatic rings. The van der Waals surface area contributed by atoms with E-state index in [1.165, 1.54) is 0 Å². The molecule has 0 saturated heterocycles. The molecule has 0 atom stereocenters. The van der Waals surface area contributed by atoms with Gasteiger partial charge in [-0.15, -0.1) is 0 Å². The van der Waals surface area contributed by atoms with Crippen LogP contribution in [0.1, 0.15) is 59.3 Å². The van der Waals surface area contributed by atoms with Gasteiger partial charge < -0.3 is 15.6 Å². The highest BCUT2D eigenvalue weighted by Crippen LogP contribution is 2.35. The maximum atomic E-state index is 11.9. The molecule has 0 bridgehead atoms. The van der Waals surface area contributed by atoms with Crippen LogP contribution >= 0.6 is 0 Å². The molecule has 1 heterocycles. The highest BCUT2D eigenvalue weighted by molar-refractivity contribution is 6.00. The lowest BCUT2D eigenvalue weighted by atomic mass is 9.88. The zero-order valence-corrected chi connectivity index (χ0v) is 13.9. The van der Waals surface area contributed by atoms with E-state index in [1.807, 2.05) is 19.9 Å². The Kier molecular flexibility index (Phi) is 5.08. The minimum absolute atomic E-state index is 0.119. The van der Waals surface area contributed by atoms with Crippen LogP contribution in [0.4, 0.5) is 5.69 Å². The van der Waals surface area contributed by atoms with E-state index < -0.39 is 5.97 Å². The summed E-state index contributed by atoms with van der Waals surface area (Å²) in [5.41, 5.74) is 12.4. The van der Waals surface area contributed by atoms with Crippen LogP contribution in [0, 0.1) is 6.92 Å². The number of ether oxygens (including phenoxy) is 1. The highest BCUT2D eigenvalue weighted by atomic mass is 16.5. The molecule has 0 aliphatic carbocycles. The van der Waals surface area contributed by atoms with Gasteiger partial charge in [-0.2, -0.15) is 0 Å². The molecule has 5 heteroatoms. The first-order valence-electron chi connectivity index (χ1n) is 7.84. The molecule has 124 valence electrons. The second kappa shape index (κ2) is 6.86. The van der Waals surface area contributed by atoms with Crippen LogP contribution in [-0.2, 0) is 29.0 Å². The third-order valence-corrected chi connectivity index (χ3v) is 4.46. The molecule has 0 unspecified atom stereocenters. The molecule has 3 N–H and O–H groups in total. The van der Waals surface area contributed by atoms with Gasteiger partial charge >= 0.3 is 11.9 Å². The number of aliphatic carboxylic acids is 1. The van der Waals surface area contributed by atoms with Crippen molar-refractivity contribution >= 4 is 17.6 Å². The van der Waals surface area contributed by atoms with Crippen molar-refractivity contribution in [2.45, 2.75) is 53.1 Å². The number of allylic oxidation sites excluding steroid dienone is 2. The Balaban J connectivity index is 2.37. The second-order valence-corrected chi connectivity index (χ2v) is 5.93. The fourth-order valence-corrected chi connectivity index (χ4v) is 3.09. The van der Waals surface area contributed by atoms with E-state index in [-0.39, 0.29) is 12.4 Å². The topological polar surface area (TPSA) is 89.6 Å².